The van der Waals surface area contributed by atoms with Crippen molar-refractivity contribution in [3.05, 3.63) is 40.3 Å². The number of hydrogen-bond acceptors (Lipinski definition) is 3. The Balaban J connectivity index is 2.64. The van der Waals surface area contributed by atoms with Crippen LogP contribution >= 0.6 is 11.6 Å². The highest BCUT2D eigenvalue weighted by atomic mass is 35.5. The number of benzene rings is 1. The SMILES string of the molecule is COc1cc(C)c(-c2ncnc(Cl)c2C)cc1C. The van der Waals surface area contributed by atoms with E-state index in [-0.39, 0.29) is 0 Å². The molecule has 18 heavy (non-hydrogen) atoms. The predicted octanol–water partition coefficient (Wildman–Crippen LogP) is 3.73. The maximum absolute atomic E-state index is 6.04. The maximum atomic E-state index is 6.04. The second kappa shape index (κ2) is 4.94. The first-order valence-electron chi connectivity index (χ1n) is 5.67. The molecule has 0 unspecified atom stereocenters. The normalized spacial score (nSPS) is 10.5. The smallest absolute Gasteiger partial charge is 0.135 e. The third kappa shape index (κ3) is 2.18. The second-order valence-corrected chi connectivity index (χ2v) is 4.63. The summed E-state index contributed by atoms with van der Waals surface area (Å²) in [6.45, 7) is 5.98. The molecule has 0 aliphatic carbocycles. The fraction of sp³-hybridized carbons (Fsp3) is 0.286. The summed E-state index contributed by atoms with van der Waals surface area (Å²) in [7, 11) is 1.67. The number of ether oxygens (including phenoxy) is 1. The lowest BCUT2D eigenvalue weighted by Gasteiger charge is -2.12. The third-order valence-electron chi connectivity index (χ3n) is 3.02. The average Bonchev–Trinajstić information content (AvgIpc) is 2.35. The molecule has 0 aliphatic heterocycles. The molecule has 4 heteroatoms. The molecule has 94 valence electrons. The summed E-state index contributed by atoms with van der Waals surface area (Å²) < 4.78 is 5.31. The minimum Gasteiger partial charge on any atom is -0.496 e. The van der Waals surface area contributed by atoms with Gasteiger partial charge in [0.15, 0.2) is 0 Å². The topological polar surface area (TPSA) is 35.0 Å². The number of hydrogen-bond donors (Lipinski definition) is 0. The van der Waals surface area contributed by atoms with Gasteiger partial charge in [-0.2, -0.15) is 0 Å². The van der Waals surface area contributed by atoms with Crippen LogP contribution in [0.2, 0.25) is 5.15 Å². The lowest BCUT2D eigenvalue weighted by molar-refractivity contribution is 0.411. The highest BCUT2D eigenvalue weighted by molar-refractivity contribution is 6.30. The van der Waals surface area contributed by atoms with Gasteiger partial charge in [0.25, 0.3) is 0 Å². The molecule has 0 saturated heterocycles. The maximum Gasteiger partial charge on any atom is 0.135 e. The first-order valence-corrected chi connectivity index (χ1v) is 6.05. The number of rotatable bonds is 2. The van der Waals surface area contributed by atoms with Gasteiger partial charge in [0, 0.05) is 11.1 Å². The van der Waals surface area contributed by atoms with Crippen molar-refractivity contribution in [3.63, 3.8) is 0 Å². The third-order valence-corrected chi connectivity index (χ3v) is 3.40. The van der Waals surface area contributed by atoms with Gasteiger partial charge in [0.1, 0.15) is 17.2 Å². The van der Waals surface area contributed by atoms with Gasteiger partial charge in [-0.1, -0.05) is 11.6 Å². The van der Waals surface area contributed by atoms with Crippen molar-refractivity contribution >= 4 is 11.6 Å². The summed E-state index contributed by atoms with van der Waals surface area (Å²) in [6, 6.07) is 4.08. The number of aromatic nitrogens is 2. The molecule has 0 bridgehead atoms. The Kier molecular flexibility index (Phi) is 3.53. The van der Waals surface area contributed by atoms with Crippen molar-refractivity contribution in [1.82, 2.24) is 9.97 Å². The van der Waals surface area contributed by atoms with Crippen LogP contribution in [-0.4, -0.2) is 17.1 Å². The molecule has 2 aromatic rings. The lowest BCUT2D eigenvalue weighted by Crippen LogP contribution is -1.96. The summed E-state index contributed by atoms with van der Waals surface area (Å²) in [6.07, 6.45) is 1.49. The minimum absolute atomic E-state index is 0.493. The Morgan fingerprint density at radius 2 is 1.78 bits per heavy atom. The second-order valence-electron chi connectivity index (χ2n) is 4.27. The predicted molar refractivity (Wildman–Crippen MR) is 73.2 cm³/mol. The quantitative estimate of drug-likeness (QED) is 0.774. The van der Waals surface area contributed by atoms with Gasteiger partial charge >= 0.3 is 0 Å². The fourth-order valence-corrected chi connectivity index (χ4v) is 2.10. The monoisotopic (exact) mass is 262 g/mol. The van der Waals surface area contributed by atoms with E-state index in [0.717, 1.165) is 33.7 Å². The molecular weight excluding hydrogens is 248 g/mol. The van der Waals surface area contributed by atoms with Gasteiger partial charge in [-0.25, -0.2) is 9.97 Å². The molecule has 3 nitrogen and oxygen atoms in total. The molecular formula is C14H15ClN2O. The Morgan fingerprint density at radius 1 is 1.06 bits per heavy atom. The number of halogens is 1. The fourth-order valence-electron chi connectivity index (χ4n) is 1.96. The molecule has 0 fully saturated rings. The average molecular weight is 263 g/mol. The lowest BCUT2D eigenvalue weighted by atomic mass is 9.99. The first-order chi connectivity index (χ1) is 8.54. The highest BCUT2D eigenvalue weighted by Gasteiger charge is 2.12. The summed E-state index contributed by atoms with van der Waals surface area (Å²) in [4.78, 5) is 8.31. The van der Waals surface area contributed by atoms with Gasteiger partial charge in [0.05, 0.1) is 12.8 Å². The van der Waals surface area contributed by atoms with E-state index < -0.39 is 0 Å². The molecule has 0 spiro atoms. The molecule has 1 aromatic heterocycles. The van der Waals surface area contributed by atoms with E-state index in [1.165, 1.54) is 6.33 Å². The summed E-state index contributed by atoms with van der Waals surface area (Å²) >= 11 is 6.04. The van der Waals surface area contributed by atoms with E-state index in [1.807, 2.05) is 26.8 Å². The van der Waals surface area contributed by atoms with E-state index in [2.05, 4.69) is 16.0 Å². The van der Waals surface area contributed by atoms with Crippen LogP contribution in [0.15, 0.2) is 18.5 Å². The molecule has 0 radical (unpaired) electrons. The van der Waals surface area contributed by atoms with Gasteiger partial charge < -0.3 is 4.74 Å². The van der Waals surface area contributed by atoms with Crippen LogP contribution in [0.3, 0.4) is 0 Å². The van der Waals surface area contributed by atoms with Crippen molar-refractivity contribution in [3.8, 4) is 17.0 Å². The summed E-state index contributed by atoms with van der Waals surface area (Å²) in [5.74, 6) is 0.883. The van der Waals surface area contributed by atoms with Crippen LogP contribution in [0.25, 0.3) is 11.3 Å². The zero-order valence-electron chi connectivity index (χ0n) is 10.9. The van der Waals surface area contributed by atoms with Crippen molar-refractivity contribution < 1.29 is 4.74 Å². The molecule has 0 amide bonds. The van der Waals surface area contributed by atoms with E-state index in [4.69, 9.17) is 16.3 Å². The van der Waals surface area contributed by atoms with Crippen molar-refractivity contribution in [2.45, 2.75) is 20.8 Å². The Bertz CT molecular complexity index is 597. The molecule has 0 saturated carbocycles. The van der Waals surface area contributed by atoms with E-state index in [1.54, 1.807) is 7.11 Å². The molecule has 1 aromatic carbocycles. The molecule has 0 N–H and O–H groups in total. The van der Waals surface area contributed by atoms with E-state index >= 15 is 0 Å². The van der Waals surface area contributed by atoms with Crippen LogP contribution in [0, 0.1) is 20.8 Å². The number of nitrogens with zero attached hydrogens (tertiary/aromatic N) is 2. The van der Waals surface area contributed by atoms with Gasteiger partial charge in [-0.05, 0) is 44.0 Å². The number of methoxy groups -OCH3 is 1. The van der Waals surface area contributed by atoms with Crippen LogP contribution in [0.1, 0.15) is 16.7 Å². The highest BCUT2D eigenvalue weighted by Crippen LogP contribution is 2.31. The molecule has 0 aliphatic rings. The summed E-state index contributed by atoms with van der Waals surface area (Å²) in [5, 5.41) is 0.493. The van der Waals surface area contributed by atoms with Crippen LogP contribution in [-0.2, 0) is 0 Å². The standard InChI is InChI=1S/C14H15ClN2O/c1-8-6-12(18-4)9(2)5-11(8)13-10(3)14(15)17-7-16-13/h5-7H,1-4H3. The van der Waals surface area contributed by atoms with E-state index in [0.29, 0.717) is 5.15 Å². The van der Waals surface area contributed by atoms with Crippen LogP contribution < -0.4 is 4.74 Å². The molecule has 2 rings (SSSR count). The molecule has 1 heterocycles. The van der Waals surface area contributed by atoms with Gasteiger partial charge in [0.2, 0.25) is 0 Å². The van der Waals surface area contributed by atoms with Crippen molar-refractivity contribution in [1.29, 1.82) is 0 Å². The zero-order chi connectivity index (χ0) is 13.3. The van der Waals surface area contributed by atoms with Crippen molar-refractivity contribution in [2.75, 3.05) is 7.11 Å². The largest absolute Gasteiger partial charge is 0.496 e. The first kappa shape index (κ1) is 12.8. The zero-order valence-corrected chi connectivity index (χ0v) is 11.7. The van der Waals surface area contributed by atoms with Crippen molar-refractivity contribution in [2.24, 2.45) is 0 Å². The Morgan fingerprint density at radius 3 is 2.44 bits per heavy atom. The van der Waals surface area contributed by atoms with Gasteiger partial charge in [-0.15, -0.1) is 0 Å². The van der Waals surface area contributed by atoms with Crippen LogP contribution in [0.4, 0.5) is 0 Å². The Hall–Kier alpha value is -1.61. The summed E-state index contributed by atoms with van der Waals surface area (Å²) in [5.41, 5.74) is 5.02. The Labute approximate surface area is 112 Å². The van der Waals surface area contributed by atoms with Crippen LogP contribution in [0.5, 0.6) is 5.75 Å². The van der Waals surface area contributed by atoms with Gasteiger partial charge in [-0.3, -0.25) is 0 Å². The molecule has 0 atom stereocenters. The minimum atomic E-state index is 0.493. The number of aryl methyl sites for hydroxylation is 2. The van der Waals surface area contributed by atoms with E-state index in [9.17, 15) is 0 Å².